The molecule has 0 unspecified atom stereocenters. The van der Waals surface area contributed by atoms with Crippen LogP contribution in [0.1, 0.15) is 18.9 Å². The molecule has 0 amide bonds. The van der Waals surface area contributed by atoms with Gasteiger partial charge >= 0.3 is 0 Å². The molecule has 0 aliphatic rings. The van der Waals surface area contributed by atoms with Gasteiger partial charge in [-0.05, 0) is 25.1 Å². The number of nitrogens with zero attached hydrogens (tertiary/aromatic N) is 2. The monoisotopic (exact) mass is 307 g/mol. The van der Waals surface area contributed by atoms with E-state index in [9.17, 15) is 8.42 Å². The Morgan fingerprint density at radius 3 is 2.48 bits per heavy atom. The molecule has 0 saturated heterocycles. The third kappa shape index (κ3) is 3.92. The van der Waals surface area contributed by atoms with Gasteiger partial charge in [0.05, 0.1) is 10.6 Å². The molecule has 1 N–H and O–H groups in total. The number of sulfone groups is 1. The highest BCUT2D eigenvalue weighted by atomic mass is 32.2. The molecule has 0 bridgehead atoms. The van der Waals surface area contributed by atoms with E-state index in [0.29, 0.717) is 4.90 Å². The number of benzene rings is 1. The summed E-state index contributed by atoms with van der Waals surface area (Å²) in [6, 6.07) is 6.87. The Morgan fingerprint density at radius 1 is 1.24 bits per heavy atom. The molecule has 21 heavy (non-hydrogen) atoms. The Bertz CT molecular complexity index is 703. The molecule has 2 aromatic rings. The van der Waals surface area contributed by atoms with Gasteiger partial charge in [-0.1, -0.05) is 19.1 Å². The largest absolute Gasteiger partial charge is 0.313 e. The highest BCUT2D eigenvalue weighted by Gasteiger charge is 2.12. The predicted octanol–water partition coefficient (Wildman–Crippen LogP) is 1.99. The van der Waals surface area contributed by atoms with Crippen molar-refractivity contribution in [2.45, 2.75) is 24.8 Å². The Hall–Kier alpha value is -1.66. The van der Waals surface area contributed by atoms with Gasteiger partial charge in [-0.25, -0.2) is 8.42 Å². The van der Waals surface area contributed by atoms with Crippen LogP contribution in [0.25, 0.3) is 11.3 Å². The predicted molar refractivity (Wildman–Crippen MR) is 83.8 cm³/mol. The summed E-state index contributed by atoms with van der Waals surface area (Å²) in [5, 5.41) is 7.84. The van der Waals surface area contributed by atoms with Gasteiger partial charge in [0.25, 0.3) is 0 Å². The van der Waals surface area contributed by atoms with E-state index < -0.39 is 9.84 Å². The lowest BCUT2D eigenvalue weighted by Gasteiger charge is -2.05. The van der Waals surface area contributed by atoms with Crippen molar-refractivity contribution >= 4 is 9.84 Å². The van der Waals surface area contributed by atoms with Crippen molar-refractivity contribution in [1.29, 1.82) is 0 Å². The summed E-state index contributed by atoms with van der Waals surface area (Å²) in [7, 11) is -1.28. The second-order valence-electron chi connectivity index (χ2n) is 5.15. The van der Waals surface area contributed by atoms with Crippen LogP contribution in [0.3, 0.4) is 0 Å². The molecule has 1 aromatic heterocycles. The molecule has 0 saturated carbocycles. The molecule has 0 aliphatic heterocycles. The fraction of sp³-hybridized carbons (Fsp3) is 0.400. The van der Waals surface area contributed by atoms with Crippen molar-refractivity contribution in [3.8, 4) is 11.3 Å². The van der Waals surface area contributed by atoms with E-state index in [4.69, 9.17) is 0 Å². The zero-order chi connectivity index (χ0) is 15.5. The van der Waals surface area contributed by atoms with Crippen LogP contribution in [0, 0.1) is 0 Å². The van der Waals surface area contributed by atoms with Crippen LogP contribution >= 0.6 is 0 Å². The van der Waals surface area contributed by atoms with Gasteiger partial charge in [0.2, 0.25) is 0 Å². The minimum Gasteiger partial charge on any atom is -0.313 e. The standard InChI is InChI=1S/C15H21N3O2S/c1-4-9-16-10-13-11-18(2)17-15(13)12-5-7-14(8-6-12)21(3,19)20/h5-8,11,16H,4,9-10H2,1-3H3. The number of aromatic nitrogens is 2. The Labute approximate surface area is 125 Å². The van der Waals surface area contributed by atoms with Crippen molar-refractivity contribution in [2.75, 3.05) is 12.8 Å². The molecular formula is C15H21N3O2S. The smallest absolute Gasteiger partial charge is 0.175 e. The van der Waals surface area contributed by atoms with Crippen LogP contribution in [0.4, 0.5) is 0 Å². The maximum absolute atomic E-state index is 11.5. The first-order valence-corrected chi connectivity index (χ1v) is 8.84. The van der Waals surface area contributed by atoms with E-state index in [1.54, 1.807) is 16.8 Å². The minimum absolute atomic E-state index is 0.327. The van der Waals surface area contributed by atoms with Crippen LogP contribution in [-0.4, -0.2) is 31.0 Å². The molecule has 0 spiro atoms. The highest BCUT2D eigenvalue weighted by Crippen LogP contribution is 2.23. The van der Waals surface area contributed by atoms with E-state index in [2.05, 4.69) is 17.3 Å². The fourth-order valence-corrected chi connectivity index (χ4v) is 2.80. The van der Waals surface area contributed by atoms with Crippen LogP contribution in [0.2, 0.25) is 0 Å². The normalized spacial score (nSPS) is 11.8. The maximum atomic E-state index is 11.5. The van der Waals surface area contributed by atoms with Crippen LogP contribution < -0.4 is 5.32 Å². The lowest BCUT2D eigenvalue weighted by molar-refractivity contribution is 0.602. The Balaban J connectivity index is 2.29. The lowest BCUT2D eigenvalue weighted by atomic mass is 10.1. The quantitative estimate of drug-likeness (QED) is 0.829. The molecule has 1 heterocycles. The van der Waals surface area contributed by atoms with Crippen LogP contribution in [-0.2, 0) is 23.4 Å². The lowest BCUT2D eigenvalue weighted by Crippen LogP contribution is -2.13. The zero-order valence-corrected chi connectivity index (χ0v) is 13.4. The molecule has 0 radical (unpaired) electrons. The average molecular weight is 307 g/mol. The van der Waals surface area contributed by atoms with Crippen molar-refractivity contribution in [2.24, 2.45) is 7.05 Å². The van der Waals surface area contributed by atoms with Gasteiger partial charge in [0, 0.05) is 37.2 Å². The van der Waals surface area contributed by atoms with E-state index in [1.807, 2.05) is 25.4 Å². The first kappa shape index (κ1) is 15.7. The molecular weight excluding hydrogens is 286 g/mol. The van der Waals surface area contributed by atoms with E-state index in [0.717, 1.165) is 36.3 Å². The molecule has 2 rings (SSSR count). The van der Waals surface area contributed by atoms with Crippen molar-refractivity contribution in [3.05, 3.63) is 36.0 Å². The van der Waals surface area contributed by atoms with Crippen molar-refractivity contribution < 1.29 is 8.42 Å². The van der Waals surface area contributed by atoms with Gasteiger partial charge in [-0.2, -0.15) is 5.10 Å². The van der Waals surface area contributed by atoms with Gasteiger partial charge in [0.15, 0.2) is 9.84 Å². The third-order valence-electron chi connectivity index (χ3n) is 3.20. The maximum Gasteiger partial charge on any atom is 0.175 e. The summed E-state index contributed by atoms with van der Waals surface area (Å²) in [4.78, 5) is 0.327. The first-order valence-electron chi connectivity index (χ1n) is 6.95. The molecule has 5 nitrogen and oxygen atoms in total. The number of hydrogen-bond donors (Lipinski definition) is 1. The summed E-state index contributed by atoms with van der Waals surface area (Å²) >= 11 is 0. The fourth-order valence-electron chi connectivity index (χ4n) is 2.17. The van der Waals surface area contributed by atoms with Crippen LogP contribution in [0.15, 0.2) is 35.4 Å². The van der Waals surface area contributed by atoms with Crippen LogP contribution in [0.5, 0.6) is 0 Å². The number of rotatable bonds is 6. The Morgan fingerprint density at radius 2 is 1.90 bits per heavy atom. The summed E-state index contributed by atoms with van der Waals surface area (Å²) in [5.41, 5.74) is 2.93. The van der Waals surface area contributed by atoms with Crippen molar-refractivity contribution in [1.82, 2.24) is 15.1 Å². The first-order chi connectivity index (χ1) is 9.91. The number of hydrogen-bond acceptors (Lipinski definition) is 4. The van der Waals surface area contributed by atoms with E-state index >= 15 is 0 Å². The summed E-state index contributed by atoms with van der Waals surface area (Å²) in [6.45, 7) is 3.84. The molecule has 6 heteroatoms. The molecule has 0 fully saturated rings. The van der Waals surface area contributed by atoms with Gasteiger partial charge in [-0.15, -0.1) is 0 Å². The number of aryl methyl sites for hydroxylation is 1. The second-order valence-corrected chi connectivity index (χ2v) is 7.17. The SMILES string of the molecule is CCCNCc1cn(C)nc1-c1ccc(S(C)(=O)=O)cc1. The molecule has 0 aliphatic carbocycles. The summed E-state index contributed by atoms with van der Waals surface area (Å²) in [5.74, 6) is 0. The topological polar surface area (TPSA) is 64.0 Å². The van der Waals surface area contributed by atoms with E-state index in [1.165, 1.54) is 6.26 Å². The number of nitrogens with one attached hydrogen (secondary N) is 1. The van der Waals surface area contributed by atoms with E-state index in [-0.39, 0.29) is 0 Å². The van der Waals surface area contributed by atoms with Gasteiger partial charge < -0.3 is 5.32 Å². The highest BCUT2D eigenvalue weighted by molar-refractivity contribution is 7.90. The summed E-state index contributed by atoms with van der Waals surface area (Å²) in [6.07, 6.45) is 4.28. The second kappa shape index (κ2) is 6.41. The van der Waals surface area contributed by atoms with Crippen molar-refractivity contribution in [3.63, 3.8) is 0 Å². The molecule has 0 atom stereocenters. The van der Waals surface area contributed by atoms with Gasteiger partial charge in [-0.3, -0.25) is 4.68 Å². The average Bonchev–Trinajstić information content (AvgIpc) is 2.79. The summed E-state index contributed by atoms with van der Waals surface area (Å²) < 4.78 is 24.8. The minimum atomic E-state index is -3.16. The molecule has 1 aromatic carbocycles. The third-order valence-corrected chi connectivity index (χ3v) is 4.33. The molecule has 114 valence electrons. The Kier molecular flexibility index (Phi) is 4.80. The van der Waals surface area contributed by atoms with Gasteiger partial charge in [0.1, 0.15) is 0 Å². The zero-order valence-electron chi connectivity index (χ0n) is 12.6.